The van der Waals surface area contributed by atoms with E-state index in [4.69, 9.17) is 4.74 Å². The zero-order chi connectivity index (χ0) is 21.8. The molecule has 0 fully saturated rings. The van der Waals surface area contributed by atoms with Gasteiger partial charge in [-0.15, -0.1) is 0 Å². The highest BCUT2D eigenvalue weighted by Crippen LogP contribution is 2.15. The standard InChI is InChI=1S/C20H18N4O6/c1-3-23-10-16(18(26)15-9-4-12(2)21-19(15)23)20(27)30-11-17(25)22-13-5-7-14(8-6-13)24(28)29/h4-10H,3,11H2,1-2H3,(H,22,25). The van der Waals surface area contributed by atoms with Crippen LogP contribution in [0, 0.1) is 17.0 Å². The first kappa shape index (κ1) is 20.6. The first-order valence-corrected chi connectivity index (χ1v) is 9.02. The number of benzene rings is 1. The van der Waals surface area contributed by atoms with Crippen LogP contribution < -0.4 is 10.7 Å². The topological polar surface area (TPSA) is 133 Å². The molecular weight excluding hydrogens is 392 g/mol. The summed E-state index contributed by atoms with van der Waals surface area (Å²) in [5.74, 6) is -1.57. The summed E-state index contributed by atoms with van der Waals surface area (Å²) >= 11 is 0. The van der Waals surface area contributed by atoms with Gasteiger partial charge in [-0.1, -0.05) is 0 Å². The van der Waals surface area contributed by atoms with Gasteiger partial charge in [0.15, 0.2) is 6.61 Å². The molecule has 0 spiro atoms. The number of nitrogens with one attached hydrogen (secondary N) is 1. The number of esters is 1. The maximum Gasteiger partial charge on any atom is 0.344 e. The molecule has 0 saturated heterocycles. The summed E-state index contributed by atoms with van der Waals surface area (Å²) in [6.07, 6.45) is 1.37. The molecule has 3 rings (SSSR count). The fourth-order valence-corrected chi connectivity index (χ4v) is 2.82. The van der Waals surface area contributed by atoms with Crippen molar-refractivity contribution < 1.29 is 19.2 Å². The summed E-state index contributed by atoms with van der Waals surface area (Å²) in [6, 6.07) is 8.46. The zero-order valence-electron chi connectivity index (χ0n) is 16.2. The van der Waals surface area contributed by atoms with Gasteiger partial charge in [-0.25, -0.2) is 9.78 Å². The van der Waals surface area contributed by atoms with Crippen molar-refractivity contribution in [1.82, 2.24) is 9.55 Å². The summed E-state index contributed by atoms with van der Waals surface area (Å²) in [5, 5.41) is 13.4. The van der Waals surface area contributed by atoms with E-state index < -0.39 is 28.8 Å². The van der Waals surface area contributed by atoms with Crippen molar-refractivity contribution in [1.29, 1.82) is 0 Å². The summed E-state index contributed by atoms with van der Waals surface area (Å²) < 4.78 is 6.65. The van der Waals surface area contributed by atoms with Gasteiger partial charge in [-0.3, -0.25) is 19.7 Å². The van der Waals surface area contributed by atoms with Crippen LogP contribution in [0.1, 0.15) is 23.0 Å². The lowest BCUT2D eigenvalue weighted by molar-refractivity contribution is -0.384. The molecular formula is C20H18N4O6. The Balaban J connectivity index is 1.73. The molecule has 10 heteroatoms. The van der Waals surface area contributed by atoms with Crippen LogP contribution in [-0.2, 0) is 16.1 Å². The van der Waals surface area contributed by atoms with Crippen molar-refractivity contribution in [3.8, 4) is 0 Å². The summed E-state index contributed by atoms with van der Waals surface area (Å²) in [4.78, 5) is 51.5. The molecule has 0 saturated carbocycles. The van der Waals surface area contributed by atoms with E-state index in [1.54, 1.807) is 23.6 Å². The molecule has 1 N–H and O–H groups in total. The molecule has 3 aromatic rings. The highest BCUT2D eigenvalue weighted by Gasteiger charge is 2.18. The Bertz CT molecular complexity index is 1200. The molecule has 2 heterocycles. The smallest absolute Gasteiger partial charge is 0.344 e. The van der Waals surface area contributed by atoms with Crippen LogP contribution in [0.15, 0.2) is 47.4 Å². The van der Waals surface area contributed by atoms with E-state index in [1.807, 2.05) is 6.92 Å². The Hall–Kier alpha value is -4.08. The van der Waals surface area contributed by atoms with Gasteiger partial charge >= 0.3 is 5.97 Å². The van der Waals surface area contributed by atoms with E-state index in [-0.39, 0.29) is 16.6 Å². The molecule has 30 heavy (non-hydrogen) atoms. The van der Waals surface area contributed by atoms with E-state index in [2.05, 4.69) is 10.3 Å². The molecule has 1 amide bonds. The van der Waals surface area contributed by atoms with E-state index in [9.17, 15) is 24.5 Å². The molecule has 0 aliphatic heterocycles. The highest BCUT2D eigenvalue weighted by molar-refractivity contribution is 5.96. The number of non-ortho nitro benzene ring substituents is 1. The third-order valence-electron chi connectivity index (χ3n) is 4.32. The molecule has 0 bridgehead atoms. The van der Waals surface area contributed by atoms with Crippen molar-refractivity contribution in [3.05, 3.63) is 74.2 Å². The monoisotopic (exact) mass is 410 g/mol. The molecule has 0 atom stereocenters. The lowest BCUT2D eigenvalue weighted by atomic mass is 10.2. The number of ether oxygens (including phenoxy) is 1. The van der Waals surface area contributed by atoms with Crippen LogP contribution in [0.25, 0.3) is 11.0 Å². The molecule has 2 aromatic heterocycles. The Morgan fingerprint density at radius 3 is 2.53 bits per heavy atom. The fourth-order valence-electron chi connectivity index (χ4n) is 2.82. The SMILES string of the molecule is CCn1cc(C(=O)OCC(=O)Nc2ccc([N+](=O)[O-])cc2)c(=O)c2ccc(C)nc21. The maximum absolute atomic E-state index is 12.7. The Morgan fingerprint density at radius 2 is 1.90 bits per heavy atom. The first-order chi connectivity index (χ1) is 14.3. The maximum atomic E-state index is 12.7. The first-order valence-electron chi connectivity index (χ1n) is 9.02. The largest absolute Gasteiger partial charge is 0.452 e. The number of aryl methyl sites for hydroxylation is 2. The minimum Gasteiger partial charge on any atom is -0.452 e. The van der Waals surface area contributed by atoms with Crippen molar-refractivity contribution in [2.24, 2.45) is 0 Å². The molecule has 0 aliphatic rings. The number of hydrogen-bond acceptors (Lipinski definition) is 7. The highest BCUT2D eigenvalue weighted by atomic mass is 16.6. The summed E-state index contributed by atoms with van der Waals surface area (Å²) in [6.45, 7) is 3.51. The van der Waals surface area contributed by atoms with Gasteiger partial charge in [0.05, 0.1) is 10.3 Å². The molecule has 10 nitrogen and oxygen atoms in total. The van der Waals surface area contributed by atoms with Gasteiger partial charge < -0.3 is 14.6 Å². The van der Waals surface area contributed by atoms with E-state index >= 15 is 0 Å². The number of nitro groups is 1. The van der Waals surface area contributed by atoms with E-state index in [0.717, 1.165) is 5.69 Å². The zero-order valence-corrected chi connectivity index (χ0v) is 16.2. The lowest BCUT2D eigenvalue weighted by Crippen LogP contribution is -2.25. The summed E-state index contributed by atoms with van der Waals surface area (Å²) in [5.41, 5.74) is 0.674. The van der Waals surface area contributed by atoms with E-state index in [1.165, 1.54) is 30.5 Å². The van der Waals surface area contributed by atoms with Crippen molar-refractivity contribution in [2.75, 3.05) is 11.9 Å². The van der Waals surface area contributed by atoms with Crippen LogP contribution in [0.2, 0.25) is 0 Å². The molecule has 0 aliphatic carbocycles. The second kappa shape index (κ2) is 8.52. The van der Waals surface area contributed by atoms with Crippen LogP contribution in [-0.4, -0.2) is 33.0 Å². The molecule has 1 aromatic carbocycles. The van der Waals surface area contributed by atoms with E-state index in [0.29, 0.717) is 17.9 Å². The number of nitro benzene ring substituents is 1. The van der Waals surface area contributed by atoms with Crippen LogP contribution in [0.3, 0.4) is 0 Å². The van der Waals surface area contributed by atoms with Crippen molar-refractivity contribution in [3.63, 3.8) is 0 Å². The van der Waals surface area contributed by atoms with Gasteiger partial charge in [0.2, 0.25) is 5.43 Å². The van der Waals surface area contributed by atoms with Gasteiger partial charge in [-0.05, 0) is 38.1 Å². The second-order valence-corrected chi connectivity index (χ2v) is 6.41. The minimum absolute atomic E-state index is 0.118. The number of pyridine rings is 2. The Labute approximate surface area is 170 Å². The third kappa shape index (κ3) is 4.32. The second-order valence-electron chi connectivity index (χ2n) is 6.41. The Morgan fingerprint density at radius 1 is 1.20 bits per heavy atom. The average Bonchev–Trinajstić information content (AvgIpc) is 2.72. The normalized spacial score (nSPS) is 10.6. The number of amides is 1. The Kier molecular flexibility index (Phi) is 5.86. The average molecular weight is 410 g/mol. The minimum atomic E-state index is -0.927. The van der Waals surface area contributed by atoms with Crippen LogP contribution >= 0.6 is 0 Å². The number of fused-ring (bicyclic) bond motifs is 1. The number of aromatic nitrogens is 2. The van der Waals surface area contributed by atoms with Gasteiger partial charge in [0, 0.05) is 36.3 Å². The number of carbonyl (C=O) groups excluding carboxylic acids is 2. The fraction of sp³-hybridized carbons (Fsp3) is 0.200. The van der Waals surface area contributed by atoms with Gasteiger partial charge in [-0.2, -0.15) is 0 Å². The molecule has 0 unspecified atom stereocenters. The van der Waals surface area contributed by atoms with Crippen molar-refractivity contribution in [2.45, 2.75) is 20.4 Å². The van der Waals surface area contributed by atoms with Crippen LogP contribution in [0.4, 0.5) is 11.4 Å². The quantitative estimate of drug-likeness (QED) is 0.375. The lowest BCUT2D eigenvalue weighted by Gasteiger charge is -2.11. The van der Waals surface area contributed by atoms with Gasteiger partial charge in [0.1, 0.15) is 11.2 Å². The number of carbonyl (C=O) groups is 2. The number of hydrogen-bond donors (Lipinski definition) is 1. The predicted molar refractivity (Wildman–Crippen MR) is 108 cm³/mol. The van der Waals surface area contributed by atoms with Crippen molar-refractivity contribution >= 4 is 34.3 Å². The predicted octanol–water partition coefficient (Wildman–Crippen LogP) is 2.43. The number of nitrogens with zero attached hydrogens (tertiary/aromatic N) is 3. The molecule has 0 radical (unpaired) electrons. The number of anilines is 1. The van der Waals surface area contributed by atoms with Gasteiger partial charge in [0.25, 0.3) is 11.6 Å². The molecule has 154 valence electrons. The third-order valence-corrected chi connectivity index (χ3v) is 4.32. The number of rotatable bonds is 6. The van der Waals surface area contributed by atoms with Crippen LogP contribution in [0.5, 0.6) is 0 Å². The summed E-state index contributed by atoms with van der Waals surface area (Å²) in [7, 11) is 0.